The van der Waals surface area contributed by atoms with Gasteiger partial charge in [-0.3, -0.25) is 4.79 Å². The fourth-order valence-corrected chi connectivity index (χ4v) is 12.7. The van der Waals surface area contributed by atoms with E-state index in [-0.39, 0.29) is 12.1 Å². The average molecular weight is 813 g/mol. The number of fused-ring (bicyclic) bond motifs is 5. The molecule has 336 valence electrons. The minimum Gasteiger partial charge on any atom is -0.462 e. The van der Waals surface area contributed by atoms with Crippen LogP contribution in [0.15, 0.2) is 60.3 Å². The van der Waals surface area contributed by atoms with Gasteiger partial charge in [0.1, 0.15) is 6.10 Å². The zero-order chi connectivity index (χ0) is 42.2. The third kappa shape index (κ3) is 16.8. The first kappa shape index (κ1) is 49.8. The molecule has 0 N–H and O–H groups in total. The highest BCUT2D eigenvalue weighted by molar-refractivity contribution is 5.69. The largest absolute Gasteiger partial charge is 0.462 e. The lowest BCUT2D eigenvalue weighted by molar-refractivity contribution is -0.151. The monoisotopic (exact) mass is 813 g/mol. The standard InChI is InChI=1S/C57H96O2/c1-7-8-9-10-11-12-13-14-15-16-17-18-19-20-21-22-23-24-25-26-27-28-29-30-31-32-33-37-55(58)59-50-42-44-56(5)49(46-50)38-39-51-53-41-40-52(48(4)36-34-35-47(2)3)57(53,6)45-43-54(51)56/h8-9,11-12,14-15,17-18,38,47-48,50-54H,7,10,13,16,19-37,39-46H2,1-6H3/b9-8-,12-11-,15-14-,18-17-. The van der Waals surface area contributed by atoms with Crippen LogP contribution in [-0.2, 0) is 9.53 Å². The van der Waals surface area contributed by atoms with E-state index in [1.807, 2.05) is 0 Å². The van der Waals surface area contributed by atoms with Crippen molar-refractivity contribution in [2.45, 2.75) is 247 Å². The first-order valence-electron chi connectivity index (χ1n) is 26.2. The zero-order valence-electron chi connectivity index (χ0n) is 40.0. The predicted molar refractivity (Wildman–Crippen MR) is 257 cm³/mol. The average Bonchev–Trinajstić information content (AvgIpc) is 3.58. The molecule has 4 rings (SSSR count). The number of rotatable bonds is 30. The van der Waals surface area contributed by atoms with Crippen LogP contribution in [0.5, 0.6) is 0 Å². The van der Waals surface area contributed by atoms with E-state index in [0.29, 0.717) is 17.3 Å². The minimum absolute atomic E-state index is 0.0617. The molecule has 3 saturated carbocycles. The number of esters is 1. The SMILES string of the molecule is CC/C=C\C/C=C\C/C=C\C/C=C\CCCCCCCCCCCCCCCCC(=O)OC1CCC2(C)C(=CCC3C2CCC2(C)C(C(C)CCCC(C)C)CCC32)C1. The third-order valence-electron chi connectivity index (χ3n) is 16.3. The van der Waals surface area contributed by atoms with Crippen molar-refractivity contribution in [2.24, 2.45) is 46.3 Å². The molecule has 0 aromatic rings. The second-order valence-corrected chi connectivity index (χ2v) is 21.1. The Morgan fingerprint density at radius 3 is 1.85 bits per heavy atom. The van der Waals surface area contributed by atoms with Crippen LogP contribution >= 0.6 is 0 Å². The normalized spacial score (nSPS) is 28.8. The van der Waals surface area contributed by atoms with E-state index in [4.69, 9.17) is 4.74 Å². The lowest BCUT2D eigenvalue weighted by Gasteiger charge is -2.58. The van der Waals surface area contributed by atoms with Gasteiger partial charge >= 0.3 is 5.97 Å². The Labute approximate surface area is 367 Å². The summed E-state index contributed by atoms with van der Waals surface area (Å²) in [6.07, 6.45) is 60.4. The number of carbonyl (C=O) groups is 1. The molecule has 2 heteroatoms. The Bertz CT molecular complexity index is 1300. The summed E-state index contributed by atoms with van der Waals surface area (Å²) < 4.78 is 6.17. The van der Waals surface area contributed by atoms with Gasteiger partial charge in [0.2, 0.25) is 0 Å². The molecule has 0 spiro atoms. The summed E-state index contributed by atoms with van der Waals surface area (Å²) in [6.45, 7) is 14.8. The molecule has 4 aliphatic rings. The van der Waals surface area contributed by atoms with Crippen molar-refractivity contribution < 1.29 is 9.53 Å². The summed E-state index contributed by atoms with van der Waals surface area (Å²) in [7, 11) is 0. The minimum atomic E-state index is 0.0617. The van der Waals surface area contributed by atoms with E-state index in [9.17, 15) is 4.79 Å². The highest BCUT2D eigenvalue weighted by Crippen LogP contribution is 2.67. The topological polar surface area (TPSA) is 26.3 Å². The van der Waals surface area contributed by atoms with Crippen LogP contribution in [-0.4, -0.2) is 12.1 Å². The fourth-order valence-electron chi connectivity index (χ4n) is 12.7. The molecule has 0 aromatic carbocycles. The van der Waals surface area contributed by atoms with Gasteiger partial charge in [0.15, 0.2) is 0 Å². The van der Waals surface area contributed by atoms with Crippen molar-refractivity contribution in [3.05, 3.63) is 60.3 Å². The predicted octanol–water partition coefficient (Wildman–Crippen LogP) is 18.0. The summed E-state index contributed by atoms with van der Waals surface area (Å²) in [5.74, 6) is 5.31. The van der Waals surface area contributed by atoms with Gasteiger partial charge in [-0.1, -0.05) is 198 Å². The molecule has 0 radical (unpaired) electrons. The smallest absolute Gasteiger partial charge is 0.306 e. The number of ether oxygens (including phenoxy) is 1. The van der Waals surface area contributed by atoms with Crippen molar-refractivity contribution in [3.63, 3.8) is 0 Å². The molecule has 0 heterocycles. The number of unbranched alkanes of at least 4 members (excludes halogenated alkanes) is 14. The molecule has 8 atom stereocenters. The van der Waals surface area contributed by atoms with Gasteiger partial charge in [-0.2, -0.15) is 0 Å². The summed E-state index contributed by atoms with van der Waals surface area (Å²) in [6, 6.07) is 0. The maximum atomic E-state index is 12.9. The van der Waals surface area contributed by atoms with Crippen LogP contribution in [0.1, 0.15) is 241 Å². The summed E-state index contributed by atoms with van der Waals surface area (Å²) in [4.78, 5) is 12.9. The Morgan fingerprint density at radius 2 is 1.24 bits per heavy atom. The van der Waals surface area contributed by atoms with Crippen molar-refractivity contribution in [3.8, 4) is 0 Å². The number of allylic oxidation sites excluding steroid dienone is 9. The van der Waals surface area contributed by atoms with Crippen molar-refractivity contribution in [1.82, 2.24) is 0 Å². The molecular formula is C57H96O2. The molecule has 8 unspecified atom stereocenters. The van der Waals surface area contributed by atoms with Crippen LogP contribution in [0.4, 0.5) is 0 Å². The Kier molecular flexibility index (Phi) is 23.6. The first-order chi connectivity index (χ1) is 28.7. The second-order valence-electron chi connectivity index (χ2n) is 21.1. The number of hydrogen-bond acceptors (Lipinski definition) is 2. The Morgan fingerprint density at radius 1 is 0.661 bits per heavy atom. The summed E-state index contributed by atoms with van der Waals surface area (Å²) in [5, 5.41) is 0. The Hall–Kier alpha value is -1.83. The van der Waals surface area contributed by atoms with E-state index in [1.165, 1.54) is 148 Å². The van der Waals surface area contributed by atoms with Gasteiger partial charge in [-0.15, -0.1) is 0 Å². The molecular weight excluding hydrogens is 717 g/mol. The van der Waals surface area contributed by atoms with E-state index in [2.05, 4.69) is 96.2 Å². The van der Waals surface area contributed by atoms with Crippen molar-refractivity contribution in [2.75, 3.05) is 0 Å². The van der Waals surface area contributed by atoms with E-state index < -0.39 is 0 Å². The molecule has 0 bridgehead atoms. The lowest BCUT2D eigenvalue weighted by Crippen LogP contribution is -2.51. The highest BCUT2D eigenvalue weighted by Gasteiger charge is 2.59. The highest BCUT2D eigenvalue weighted by atomic mass is 16.5. The van der Waals surface area contributed by atoms with Crippen LogP contribution in [0.2, 0.25) is 0 Å². The Balaban J connectivity index is 0.955. The molecule has 0 aromatic heterocycles. The molecule has 0 saturated heterocycles. The van der Waals surface area contributed by atoms with Crippen LogP contribution in [0.3, 0.4) is 0 Å². The zero-order valence-corrected chi connectivity index (χ0v) is 40.0. The van der Waals surface area contributed by atoms with Crippen LogP contribution in [0.25, 0.3) is 0 Å². The van der Waals surface area contributed by atoms with Crippen LogP contribution < -0.4 is 0 Å². The number of hydrogen-bond donors (Lipinski definition) is 0. The molecule has 3 fully saturated rings. The maximum absolute atomic E-state index is 12.9. The van der Waals surface area contributed by atoms with Gasteiger partial charge in [0, 0.05) is 12.8 Å². The molecule has 59 heavy (non-hydrogen) atoms. The van der Waals surface area contributed by atoms with E-state index in [0.717, 1.165) is 80.5 Å². The van der Waals surface area contributed by atoms with Crippen molar-refractivity contribution >= 4 is 5.97 Å². The maximum Gasteiger partial charge on any atom is 0.306 e. The van der Waals surface area contributed by atoms with Gasteiger partial charge < -0.3 is 4.74 Å². The van der Waals surface area contributed by atoms with Gasteiger partial charge in [-0.25, -0.2) is 0 Å². The van der Waals surface area contributed by atoms with Gasteiger partial charge in [0.25, 0.3) is 0 Å². The van der Waals surface area contributed by atoms with E-state index in [1.54, 1.807) is 5.57 Å². The third-order valence-corrected chi connectivity index (χ3v) is 16.3. The molecule has 0 aliphatic heterocycles. The lowest BCUT2D eigenvalue weighted by atomic mass is 9.47. The van der Waals surface area contributed by atoms with Crippen LogP contribution in [0, 0.1) is 46.3 Å². The molecule has 4 aliphatic carbocycles. The molecule has 2 nitrogen and oxygen atoms in total. The summed E-state index contributed by atoms with van der Waals surface area (Å²) in [5.41, 5.74) is 2.52. The fraction of sp³-hybridized carbons (Fsp3) is 0.807. The number of carbonyl (C=O) groups excluding carboxylic acids is 1. The van der Waals surface area contributed by atoms with Gasteiger partial charge in [-0.05, 0) is 136 Å². The van der Waals surface area contributed by atoms with E-state index >= 15 is 0 Å². The van der Waals surface area contributed by atoms with Crippen molar-refractivity contribution in [1.29, 1.82) is 0 Å². The first-order valence-corrected chi connectivity index (χ1v) is 26.2. The summed E-state index contributed by atoms with van der Waals surface area (Å²) >= 11 is 0. The quantitative estimate of drug-likeness (QED) is 0.0410. The molecule has 0 amide bonds. The second kappa shape index (κ2) is 28.0. The van der Waals surface area contributed by atoms with Gasteiger partial charge in [0.05, 0.1) is 0 Å².